The summed E-state index contributed by atoms with van der Waals surface area (Å²) in [6.45, 7) is 0. The summed E-state index contributed by atoms with van der Waals surface area (Å²) in [7, 11) is 0. The Kier molecular flexibility index (Phi) is 3.72. The summed E-state index contributed by atoms with van der Waals surface area (Å²) < 4.78 is 0. The zero-order valence-corrected chi connectivity index (χ0v) is 10.3. The van der Waals surface area contributed by atoms with Crippen molar-refractivity contribution in [2.75, 3.05) is 5.32 Å². The Morgan fingerprint density at radius 3 is 2.63 bits per heavy atom. The monoisotopic (exact) mass is 277 g/mol. The number of carboxylic acids is 1. The van der Waals surface area contributed by atoms with Gasteiger partial charge in [-0.15, -0.1) is 0 Å². The molecular formula is C12H8ClN3O3. The summed E-state index contributed by atoms with van der Waals surface area (Å²) in [6, 6.07) is 5.58. The fourth-order valence-electron chi connectivity index (χ4n) is 1.32. The largest absolute Gasteiger partial charge is 0.478 e. The smallest absolute Gasteiger partial charge is 0.335 e. The van der Waals surface area contributed by atoms with Gasteiger partial charge < -0.3 is 10.4 Å². The second-order valence-electron chi connectivity index (χ2n) is 3.55. The van der Waals surface area contributed by atoms with E-state index in [1.165, 1.54) is 36.7 Å². The van der Waals surface area contributed by atoms with Crippen molar-refractivity contribution in [2.24, 2.45) is 0 Å². The minimum absolute atomic E-state index is 0.0364. The molecule has 2 N–H and O–H groups in total. The van der Waals surface area contributed by atoms with Crippen molar-refractivity contribution in [1.29, 1.82) is 0 Å². The lowest BCUT2D eigenvalue weighted by Crippen LogP contribution is -2.14. The van der Waals surface area contributed by atoms with E-state index in [0.29, 0.717) is 5.02 Å². The molecule has 0 bridgehead atoms. The summed E-state index contributed by atoms with van der Waals surface area (Å²) in [5.74, 6) is -1.45. The molecule has 0 saturated heterocycles. The average Bonchev–Trinajstić information content (AvgIpc) is 2.39. The van der Waals surface area contributed by atoms with E-state index in [1.54, 1.807) is 0 Å². The van der Waals surface area contributed by atoms with Crippen LogP contribution >= 0.6 is 11.6 Å². The number of halogens is 1. The van der Waals surface area contributed by atoms with Gasteiger partial charge in [-0.2, -0.15) is 0 Å². The van der Waals surface area contributed by atoms with Crippen molar-refractivity contribution in [2.45, 2.75) is 0 Å². The van der Waals surface area contributed by atoms with Gasteiger partial charge in [0.25, 0.3) is 5.91 Å². The first kappa shape index (κ1) is 13.0. The molecule has 0 radical (unpaired) electrons. The number of anilines is 1. The molecule has 2 rings (SSSR count). The Bertz CT molecular complexity index is 628. The highest BCUT2D eigenvalue weighted by Gasteiger charge is 2.10. The van der Waals surface area contributed by atoms with Gasteiger partial charge in [0.1, 0.15) is 11.5 Å². The SMILES string of the molecule is O=C(O)c1ccnc(NC(=O)c2ccc(Cl)cn2)c1. The number of rotatable bonds is 3. The van der Waals surface area contributed by atoms with E-state index in [2.05, 4.69) is 15.3 Å². The standard InChI is InChI=1S/C12H8ClN3O3/c13-8-1-2-9(15-6-8)11(17)16-10-5-7(12(18)19)3-4-14-10/h1-6H,(H,18,19)(H,14,16,17). The highest BCUT2D eigenvalue weighted by molar-refractivity contribution is 6.30. The van der Waals surface area contributed by atoms with Gasteiger partial charge in [-0.05, 0) is 24.3 Å². The molecule has 2 aromatic rings. The Morgan fingerprint density at radius 2 is 2.00 bits per heavy atom. The van der Waals surface area contributed by atoms with Crippen LogP contribution in [0.5, 0.6) is 0 Å². The fourth-order valence-corrected chi connectivity index (χ4v) is 1.43. The normalized spacial score (nSPS) is 9.95. The van der Waals surface area contributed by atoms with Crippen LogP contribution < -0.4 is 5.32 Å². The number of aromatic nitrogens is 2. The van der Waals surface area contributed by atoms with Crippen LogP contribution in [-0.2, 0) is 0 Å². The predicted octanol–water partition coefficient (Wildman–Crippen LogP) is 2.08. The molecule has 0 aliphatic carbocycles. The second-order valence-corrected chi connectivity index (χ2v) is 3.99. The van der Waals surface area contributed by atoms with Crippen molar-refractivity contribution >= 4 is 29.3 Å². The van der Waals surface area contributed by atoms with Crippen molar-refractivity contribution < 1.29 is 14.7 Å². The van der Waals surface area contributed by atoms with Crippen LogP contribution in [0.3, 0.4) is 0 Å². The molecule has 0 fully saturated rings. The number of carbonyl (C=O) groups excluding carboxylic acids is 1. The highest BCUT2D eigenvalue weighted by atomic mass is 35.5. The number of nitrogens with one attached hydrogen (secondary N) is 1. The summed E-state index contributed by atoms with van der Waals surface area (Å²) >= 11 is 5.66. The summed E-state index contributed by atoms with van der Waals surface area (Å²) in [5, 5.41) is 11.7. The first-order chi connectivity index (χ1) is 9.06. The molecule has 2 heterocycles. The van der Waals surface area contributed by atoms with Crippen LogP contribution in [-0.4, -0.2) is 27.0 Å². The third-order valence-corrected chi connectivity index (χ3v) is 2.43. The number of carbonyl (C=O) groups is 2. The number of hydrogen-bond donors (Lipinski definition) is 2. The van der Waals surface area contributed by atoms with Gasteiger partial charge in [0.2, 0.25) is 0 Å². The van der Waals surface area contributed by atoms with Crippen molar-refractivity contribution in [3.05, 3.63) is 52.9 Å². The zero-order valence-electron chi connectivity index (χ0n) is 9.50. The number of nitrogens with zero attached hydrogens (tertiary/aromatic N) is 2. The second kappa shape index (κ2) is 5.45. The van der Waals surface area contributed by atoms with Crippen molar-refractivity contribution in [3.63, 3.8) is 0 Å². The van der Waals surface area contributed by atoms with Gasteiger partial charge in [0, 0.05) is 12.4 Å². The molecule has 0 aliphatic rings. The van der Waals surface area contributed by atoms with Crippen molar-refractivity contribution in [1.82, 2.24) is 9.97 Å². The van der Waals surface area contributed by atoms with Gasteiger partial charge in [-0.25, -0.2) is 14.8 Å². The number of aromatic carboxylic acids is 1. The predicted molar refractivity (Wildman–Crippen MR) is 68.4 cm³/mol. The van der Waals surface area contributed by atoms with Gasteiger partial charge in [-0.1, -0.05) is 11.6 Å². The third kappa shape index (κ3) is 3.26. The highest BCUT2D eigenvalue weighted by Crippen LogP contribution is 2.10. The molecule has 1 amide bonds. The molecule has 19 heavy (non-hydrogen) atoms. The molecule has 0 saturated carbocycles. The van der Waals surface area contributed by atoms with E-state index in [1.807, 2.05) is 0 Å². The lowest BCUT2D eigenvalue weighted by atomic mass is 10.2. The summed E-state index contributed by atoms with van der Waals surface area (Å²) in [6.07, 6.45) is 2.64. The minimum Gasteiger partial charge on any atom is -0.478 e. The molecule has 6 nitrogen and oxygen atoms in total. The summed E-state index contributed by atoms with van der Waals surface area (Å²) in [5.41, 5.74) is 0.196. The molecule has 0 aliphatic heterocycles. The Hall–Kier alpha value is -2.47. The van der Waals surface area contributed by atoms with E-state index in [4.69, 9.17) is 16.7 Å². The Morgan fingerprint density at radius 1 is 1.21 bits per heavy atom. The number of pyridine rings is 2. The molecule has 0 unspecified atom stereocenters. The average molecular weight is 278 g/mol. The maximum Gasteiger partial charge on any atom is 0.335 e. The molecule has 0 atom stereocenters. The number of amides is 1. The number of carboxylic acid groups (broad SMARTS) is 1. The van der Waals surface area contributed by atoms with Gasteiger partial charge in [-0.3, -0.25) is 4.79 Å². The van der Waals surface area contributed by atoms with Crippen LogP contribution in [0.1, 0.15) is 20.8 Å². The number of hydrogen-bond acceptors (Lipinski definition) is 4. The molecule has 7 heteroatoms. The van der Waals surface area contributed by atoms with Gasteiger partial charge >= 0.3 is 5.97 Å². The molecule has 2 aromatic heterocycles. The van der Waals surface area contributed by atoms with Gasteiger partial charge in [0.05, 0.1) is 10.6 Å². The maximum absolute atomic E-state index is 11.8. The third-order valence-electron chi connectivity index (χ3n) is 2.21. The van der Waals surface area contributed by atoms with Crippen molar-refractivity contribution in [3.8, 4) is 0 Å². The van der Waals surface area contributed by atoms with E-state index in [-0.39, 0.29) is 17.1 Å². The first-order valence-electron chi connectivity index (χ1n) is 5.18. The molecule has 0 aromatic carbocycles. The Labute approximate surface area is 113 Å². The zero-order chi connectivity index (χ0) is 13.8. The molecule has 96 valence electrons. The van der Waals surface area contributed by atoms with Crippen LogP contribution in [0.4, 0.5) is 5.82 Å². The van der Waals surface area contributed by atoms with E-state index >= 15 is 0 Å². The lowest BCUT2D eigenvalue weighted by molar-refractivity contribution is 0.0696. The van der Waals surface area contributed by atoms with E-state index < -0.39 is 11.9 Å². The van der Waals surface area contributed by atoms with Crippen LogP contribution in [0.15, 0.2) is 36.7 Å². The Balaban J connectivity index is 2.17. The van der Waals surface area contributed by atoms with Crippen LogP contribution in [0.2, 0.25) is 5.02 Å². The summed E-state index contributed by atoms with van der Waals surface area (Å²) in [4.78, 5) is 30.3. The minimum atomic E-state index is -1.09. The van der Waals surface area contributed by atoms with Crippen LogP contribution in [0.25, 0.3) is 0 Å². The molecule has 0 spiro atoms. The lowest BCUT2D eigenvalue weighted by Gasteiger charge is -2.04. The topological polar surface area (TPSA) is 92.2 Å². The molecular weight excluding hydrogens is 270 g/mol. The van der Waals surface area contributed by atoms with Gasteiger partial charge in [0.15, 0.2) is 0 Å². The maximum atomic E-state index is 11.8. The first-order valence-corrected chi connectivity index (χ1v) is 5.56. The van der Waals surface area contributed by atoms with Crippen LogP contribution in [0, 0.1) is 0 Å². The quantitative estimate of drug-likeness (QED) is 0.896. The van der Waals surface area contributed by atoms with E-state index in [0.717, 1.165) is 0 Å². The fraction of sp³-hybridized carbons (Fsp3) is 0. The van der Waals surface area contributed by atoms with E-state index in [9.17, 15) is 9.59 Å².